The Morgan fingerprint density at radius 2 is 1.56 bits per heavy atom. The summed E-state index contributed by atoms with van der Waals surface area (Å²) >= 11 is 0. The molecule has 1 heterocycles. The van der Waals surface area contributed by atoms with Gasteiger partial charge < -0.3 is 19.2 Å². The van der Waals surface area contributed by atoms with E-state index >= 15 is 0 Å². The van der Waals surface area contributed by atoms with Crippen molar-refractivity contribution in [1.29, 1.82) is 0 Å². The molecule has 0 aliphatic carbocycles. The molecule has 2 aromatic carbocycles. The summed E-state index contributed by atoms with van der Waals surface area (Å²) in [4.78, 5) is 16.1. The summed E-state index contributed by atoms with van der Waals surface area (Å²) in [5, 5.41) is 2.71. The van der Waals surface area contributed by atoms with Crippen molar-refractivity contribution in [3.05, 3.63) is 71.4 Å². The molecule has 6 heteroatoms. The lowest BCUT2D eigenvalue weighted by atomic mass is 10.2. The SMILES string of the molecule is Cc1ccc(Oc2ccc(OCC(=O)NCc3nc(C)c(C)o3)cc2)cc1. The van der Waals surface area contributed by atoms with Gasteiger partial charge in [-0.1, -0.05) is 17.7 Å². The van der Waals surface area contributed by atoms with Gasteiger partial charge in [0.1, 0.15) is 23.0 Å². The van der Waals surface area contributed by atoms with Gasteiger partial charge in [-0.3, -0.25) is 4.79 Å². The first-order chi connectivity index (χ1) is 13.0. The zero-order valence-electron chi connectivity index (χ0n) is 15.6. The second kappa shape index (κ2) is 8.40. The Bertz CT molecular complexity index is 879. The largest absolute Gasteiger partial charge is 0.484 e. The molecular formula is C21H22N2O4. The number of rotatable bonds is 7. The highest BCUT2D eigenvalue weighted by Crippen LogP contribution is 2.24. The number of nitrogens with one attached hydrogen (secondary N) is 1. The van der Waals surface area contributed by atoms with Gasteiger partial charge in [0.25, 0.3) is 5.91 Å². The van der Waals surface area contributed by atoms with Gasteiger partial charge in [-0.25, -0.2) is 4.98 Å². The van der Waals surface area contributed by atoms with E-state index in [1.807, 2.05) is 45.0 Å². The Morgan fingerprint density at radius 3 is 2.15 bits per heavy atom. The first-order valence-electron chi connectivity index (χ1n) is 8.66. The number of benzene rings is 2. The number of amides is 1. The van der Waals surface area contributed by atoms with Crippen molar-refractivity contribution in [2.45, 2.75) is 27.3 Å². The number of hydrogen-bond donors (Lipinski definition) is 1. The van der Waals surface area contributed by atoms with E-state index in [0.717, 1.165) is 17.2 Å². The Morgan fingerprint density at radius 1 is 0.963 bits per heavy atom. The van der Waals surface area contributed by atoms with Crippen LogP contribution in [0.5, 0.6) is 17.2 Å². The van der Waals surface area contributed by atoms with Crippen LogP contribution < -0.4 is 14.8 Å². The highest BCUT2D eigenvalue weighted by Gasteiger charge is 2.08. The molecule has 1 aromatic heterocycles. The maximum absolute atomic E-state index is 11.9. The molecule has 0 spiro atoms. The van der Waals surface area contributed by atoms with Gasteiger partial charge in [0, 0.05) is 0 Å². The minimum absolute atomic E-state index is 0.0865. The summed E-state index contributed by atoms with van der Waals surface area (Å²) in [6.45, 7) is 5.87. The maximum atomic E-state index is 11.9. The Labute approximate surface area is 158 Å². The van der Waals surface area contributed by atoms with Crippen molar-refractivity contribution in [1.82, 2.24) is 10.3 Å². The minimum Gasteiger partial charge on any atom is -0.484 e. The summed E-state index contributed by atoms with van der Waals surface area (Å²) in [6.07, 6.45) is 0. The van der Waals surface area contributed by atoms with E-state index in [4.69, 9.17) is 13.9 Å². The molecule has 0 aliphatic heterocycles. The number of oxazole rings is 1. The molecule has 6 nitrogen and oxygen atoms in total. The summed E-state index contributed by atoms with van der Waals surface area (Å²) in [5.74, 6) is 3.04. The zero-order chi connectivity index (χ0) is 19.2. The van der Waals surface area contributed by atoms with Gasteiger partial charge >= 0.3 is 0 Å². The number of nitrogens with zero attached hydrogens (tertiary/aromatic N) is 1. The smallest absolute Gasteiger partial charge is 0.258 e. The third kappa shape index (κ3) is 5.34. The van der Waals surface area contributed by atoms with Crippen molar-refractivity contribution in [3.63, 3.8) is 0 Å². The van der Waals surface area contributed by atoms with Crippen LogP contribution in [0.15, 0.2) is 52.9 Å². The average Bonchev–Trinajstić information content (AvgIpc) is 2.99. The molecule has 0 saturated heterocycles. The molecule has 3 aromatic rings. The second-order valence-electron chi connectivity index (χ2n) is 6.20. The molecule has 0 saturated carbocycles. The van der Waals surface area contributed by atoms with E-state index in [2.05, 4.69) is 10.3 Å². The topological polar surface area (TPSA) is 73.6 Å². The van der Waals surface area contributed by atoms with Crippen LogP contribution in [0, 0.1) is 20.8 Å². The first-order valence-corrected chi connectivity index (χ1v) is 8.66. The molecule has 27 heavy (non-hydrogen) atoms. The standard InChI is InChI=1S/C21H22N2O4/c1-14-4-6-18(7-5-14)27-19-10-8-17(9-11-19)25-13-20(24)22-12-21-23-15(2)16(3)26-21/h4-11H,12-13H2,1-3H3,(H,22,24). The molecular weight excluding hydrogens is 344 g/mol. The molecule has 0 bridgehead atoms. The minimum atomic E-state index is -0.247. The molecule has 0 unspecified atom stereocenters. The van der Waals surface area contributed by atoms with E-state index in [0.29, 0.717) is 17.4 Å². The molecule has 0 atom stereocenters. The number of aromatic nitrogens is 1. The van der Waals surface area contributed by atoms with E-state index in [1.54, 1.807) is 24.3 Å². The van der Waals surface area contributed by atoms with Crippen molar-refractivity contribution < 1.29 is 18.7 Å². The number of aryl methyl sites for hydroxylation is 3. The molecule has 1 N–H and O–H groups in total. The summed E-state index contributed by atoms with van der Waals surface area (Å²) in [6, 6.07) is 14.9. The number of hydrogen-bond acceptors (Lipinski definition) is 5. The van der Waals surface area contributed by atoms with Crippen molar-refractivity contribution in [2.24, 2.45) is 0 Å². The van der Waals surface area contributed by atoms with Crippen molar-refractivity contribution in [2.75, 3.05) is 6.61 Å². The van der Waals surface area contributed by atoms with Crippen LogP contribution in [-0.2, 0) is 11.3 Å². The third-order valence-corrected chi connectivity index (χ3v) is 3.96. The predicted molar refractivity (Wildman–Crippen MR) is 101 cm³/mol. The zero-order valence-corrected chi connectivity index (χ0v) is 15.6. The molecule has 140 valence electrons. The summed E-state index contributed by atoms with van der Waals surface area (Å²) in [5.41, 5.74) is 2.00. The Hall–Kier alpha value is -3.28. The van der Waals surface area contributed by atoms with Crippen LogP contribution in [0.4, 0.5) is 0 Å². The monoisotopic (exact) mass is 366 g/mol. The normalized spacial score (nSPS) is 10.5. The van der Waals surface area contributed by atoms with E-state index in [9.17, 15) is 4.79 Å². The number of carbonyl (C=O) groups excluding carboxylic acids is 1. The van der Waals surface area contributed by atoms with Gasteiger partial charge in [0.05, 0.1) is 12.2 Å². The van der Waals surface area contributed by atoms with E-state index in [1.165, 1.54) is 5.56 Å². The summed E-state index contributed by atoms with van der Waals surface area (Å²) < 4.78 is 16.7. The highest BCUT2D eigenvalue weighted by atomic mass is 16.5. The van der Waals surface area contributed by atoms with Gasteiger partial charge in [0.2, 0.25) is 5.89 Å². The van der Waals surface area contributed by atoms with Crippen LogP contribution in [0.2, 0.25) is 0 Å². The van der Waals surface area contributed by atoms with Gasteiger partial charge in [-0.15, -0.1) is 0 Å². The number of ether oxygens (including phenoxy) is 2. The first kappa shape index (κ1) is 18.5. The van der Waals surface area contributed by atoms with Crippen molar-refractivity contribution >= 4 is 5.91 Å². The summed E-state index contributed by atoms with van der Waals surface area (Å²) in [7, 11) is 0. The van der Waals surface area contributed by atoms with E-state index in [-0.39, 0.29) is 19.1 Å². The quantitative estimate of drug-likeness (QED) is 0.682. The highest BCUT2D eigenvalue weighted by molar-refractivity contribution is 5.77. The lowest BCUT2D eigenvalue weighted by Crippen LogP contribution is -2.28. The van der Waals surface area contributed by atoms with Crippen LogP contribution in [0.1, 0.15) is 22.9 Å². The van der Waals surface area contributed by atoms with Gasteiger partial charge in [0.15, 0.2) is 6.61 Å². The van der Waals surface area contributed by atoms with Crippen LogP contribution in [-0.4, -0.2) is 17.5 Å². The van der Waals surface area contributed by atoms with Gasteiger partial charge in [-0.05, 0) is 57.2 Å². The van der Waals surface area contributed by atoms with Crippen LogP contribution >= 0.6 is 0 Å². The second-order valence-corrected chi connectivity index (χ2v) is 6.20. The number of carbonyl (C=O) groups is 1. The fourth-order valence-electron chi connectivity index (χ4n) is 2.34. The van der Waals surface area contributed by atoms with Gasteiger partial charge in [-0.2, -0.15) is 0 Å². The molecule has 0 radical (unpaired) electrons. The maximum Gasteiger partial charge on any atom is 0.258 e. The average molecular weight is 366 g/mol. The lowest BCUT2D eigenvalue weighted by Gasteiger charge is -2.09. The molecule has 0 fully saturated rings. The molecule has 1 amide bonds. The predicted octanol–water partition coefficient (Wildman–Crippen LogP) is 4.09. The van der Waals surface area contributed by atoms with Crippen molar-refractivity contribution in [3.8, 4) is 17.2 Å². The Balaban J connectivity index is 1.45. The fraction of sp³-hybridized carbons (Fsp3) is 0.238. The molecule has 3 rings (SSSR count). The lowest BCUT2D eigenvalue weighted by molar-refractivity contribution is -0.123. The third-order valence-electron chi connectivity index (χ3n) is 3.96. The fourth-order valence-corrected chi connectivity index (χ4v) is 2.34. The van der Waals surface area contributed by atoms with Crippen LogP contribution in [0.25, 0.3) is 0 Å². The van der Waals surface area contributed by atoms with Crippen LogP contribution in [0.3, 0.4) is 0 Å². The molecule has 0 aliphatic rings. The van der Waals surface area contributed by atoms with E-state index < -0.39 is 0 Å². The Kier molecular flexibility index (Phi) is 5.76.